The van der Waals surface area contributed by atoms with Crippen LogP contribution in [-0.4, -0.2) is 34.9 Å². The zero-order valence-corrected chi connectivity index (χ0v) is 43.4. The van der Waals surface area contributed by atoms with Gasteiger partial charge in [-0.1, -0.05) is 328 Å². The highest BCUT2D eigenvalue weighted by atomic mass is 16.3. The molecule has 0 radical (unpaired) electrons. The van der Waals surface area contributed by atoms with Gasteiger partial charge in [0.1, 0.15) is 0 Å². The largest absolute Gasteiger partial charge is 0.394 e. The van der Waals surface area contributed by atoms with Gasteiger partial charge in [0.2, 0.25) is 5.91 Å². The van der Waals surface area contributed by atoms with Crippen LogP contribution in [0.3, 0.4) is 0 Å². The number of allylic oxidation sites excluding steroid dienone is 1. The molecule has 0 saturated carbocycles. The van der Waals surface area contributed by atoms with Crippen molar-refractivity contribution in [2.75, 3.05) is 6.61 Å². The smallest absolute Gasteiger partial charge is 0.220 e. The summed E-state index contributed by atoms with van der Waals surface area (Å²) in [6, 6.07) is -0.618. The Morgan fingerprint density at radius 1 is 0.365 bits per heavy atom. The number of amides is 1. The molecule has 0 aliphatic carbocycles. The van der Waals surface area contributed by atoms with Gasteiger partial charge in [0, 0.05) is 6.42 Å². The van der Waals surface area contributed by atoms with Crippen molar-refractivity contribution >= 4 is 5.91 Å². The van der Waals surface area contributed by atoms with Crippen LogP contribution in [0, 0.1) is 0 Å². The Balaban J connectivity index is 3.38. The fraction of sp³-hybridized carbons (Fsp3) is 0.949. The second-order valence-electron chi connectivity index (χ2n) is 20.4. The summed E-state index contributed by atoms with van der Waals surface area (Å²) >= 11 is 0. The number of aliphatic hydroxyl groups is 2. The second kappa shape index (κ2) is 55.5. The van der Waals surface area contributed by atoms with E-state index in [4.69, 9.17) is 0 Å². The first-order chi connectivity index (χ1) is 31.2. The third-order valence-electron chi connectivity index (χ3n) is 14.0. The van der Waals surface area contributed by atoms with Gasteiger partial charge in [0.25, 0.3) is 0 Å². The number of nitrogens with one attached hydrogen (secondary N) is 1. The molecule has 0 bridgehead atoms. The van der Waals surface area contributed by atoms with Crippen molar-refractivity contribution in [2.45, 2.75) is 353 Å². The highest BCUT2D eigenvalue weighted by molar-refractivity contribution is 5.76. The molecule has 2 atom stereocenters. The van der Waals surface area contributed by atoms with Crippen molar-refractivity contribution in [2.24, 2.45) is 0 Å². The summed E-state index contributed by atoms with van der Waals surface area (Å²) in [6.07, 6.45) is 72.5. The lowest BCUT2D eigenvalue weighted by Crippen LogP contribution is -2.45. The molecule has 0 aliphatic heterocycles. The summed E-state index contributed by atoms with van der Waals surface area (Å²) in [5.74, 6) is -0.0557. The van der Waals surface area contributed by atoms with Crippen LogP contribution in [0.15, 0.2) is 12.2 Å². The molecule has 0 aromatic heterocycles. The minimum Gasteiger partial charge on any atom is -0.394 e. The van der Waals surface area contributed by atoms with E-state index in [1.807, 2.05) is 6.08 Å². The Labute approximate surface area is 397 Å². The maximum absolute atomic E-state index is 12.5. The minimum absolute atomic E-state index is 0.0557. The molecule has 0 heterocycles. The maximum Gasteiger partial charge on any atom is 0.220 e. The molecule has 4 heteroatoms. The van der Waals surface area contributed by atoms with Crippen LogP contribution in [-0.2, 0) is 4.79 Å². The van der Waals surface area contributed by atoms with Crippen LogP contribution in [0.25, 0.3) is 0 Å². The van der Waals surface area contributed by atoms with Gasteiger partial charge < -0.3 is 15.5 Å². The Morgan fingerprint density at radius 2 is 0.587 bits per heavy atom. The van der Waals surface area contributed by atoms with Crippen molar-refractivity contribution in [1.29, 1.82) is 0 Å². The molecule has 0 saturated heterocycles. The minimum atomic E-state index is -0.835. The molecule has 0 aromatic carbocycles. The molecule has 0 unspecified atom stereocenters. The van der Waals surface area contributed by atoms with Gasteiger partial charge >= 0.3 is 0 Å². The van der Waals surface area contributed by atoms with Gasteiger partial charge in [0.05, 0.1) is 18.8 Å². The van der Waals surface area contributed by atoms with Crippen molar-refractivity contribution in [3.63, 3.8) is 0 Å². The van der Waals surface area contributed by atoms with E-state index in [1.54, 1.807) is 6.08 Å². The topological polar surface area (TPSA) is 69.6 Å². The number of unbranched alkanes of at least 4 members (excludes halogenated alkanes) is 48. The molecule has 0 rings (SSSR count). The van der Waals surface area contributed by atoms with Crippen LogP contribution in [0.5, 0.6) is 0 Å². The predicted molar refractivity (Wildman–Crippen MR) is 281 cm³/mol. The Bertz CT molecular complexity index is 875. The quantitative estimate of drug-likeness (QED) is 0.0421. The predicted octanol–water partition coefficient (Wildman–Crippen LogP) is 19.3. The van der Waals surface area contributed by atoms with Crippen molar-refractivity contribution in [1.82, 2.24) is 5.32 Å². The van der Waals surface area contributed by atoms with Crippen molar-refractivity contribution in [3.05, 3.63) is 12.2 Å². The standard InChI is InChI=1S/C59H117NO3/c1-3-5-7-9-11-13-15-17-19-21-22-23-24-25-26-27-28-29-30-31-32-33-34-35-36-37-39-41-43-45-47-49-51-53-55-59(63)60-57(56-61)58(62)54-52-50-48-46-44-42-40-38-20-18-16-14-12-10-8-6-4-2/h52,54,57-58,61-62H,3-51,53,55-56H2,1-2H3,(H,60,63)/b54-52+/t57-,58+/m0/s1. The summed E-state index contributed by atoms with van der Waals surface area (Å²) in [5, 5.41) is 23.2. The Hall–Kier alpha value is -0.870. The first-order valence-corrected chi connectivity index (χ1v) is 29.4. The van der Waals surface area contributed by atoms with Crippen molar-refractivity contribution in [3.8, 4) is 0 Å². The number of hydrogen-bond donors (Lipinski definition) is 3. The van der Waals surface area contributed by atoms with Crippen LogP contribution in [0.4, 0.5) is 0 Å². The van der Waals surface area contributed by atoms with E-state index in [1.165, 1.54) is 295 Å². The van der Waals surface area contributed by atoms with Gasteiger partial charge in [-0.25, -0.2) is 0 Å². The zero-order valence-electron chi connectivity index (χ0n) is 43.4. The monoisotopic (exact) mass is 888 g/mol. The third-order valence-corrected chi connectivity index (χ3v) is 14.0. The molecule has 0 spiro atoms. The second-order valence-corrected chi connectivity index (χ2v) is 20.4. The van der Waals surface area contributed by atoms with E-state index in [0.29, 0.717) is 6.42 Å². The first kappa shape index (κ1) is 62.1. The lowest BCUT2D eigenvalue weighted by molar-refractivity contribution is -0.123. The van der Waals surface area contributed by atoms with Gasteiger partial charge in [-0.15, -0.1) is 0 Å². The average molecular weight is 889 g/mol. The highest BCUT2D eigenvalue weighted by Gasteiger charge is 2.18. The van der Waals surface area contributed by atoms with Crippen LogP contribution in [0.2, 0.25) is 0 Å². The molecule has 0 fully saturated rings. The van der Waals surface area contributed by atoms with Gasteiger partial charge in [-0.05, 0) is 19.3 Å². The van der Waals surface area contributed by atoms with E-state index in [9.17, 15) is 15.0 Å². The molecule has 4 nitrogen and oxygen atoms in total. The maximum atomic E-state index is 12.5. The van der Waals surface area contributed by atoms with Gasteiger partial charge in [-0.2, -0.15) is 0 Å². The fourth-order valence-corrected chi connectivity index (χ4v) is 9.54. The summed E-state index contributed by atoms with van der Waals surface area (Å²) in [4.78, 5) is 12.5. The van der Waals surface area contributed by atoms with E-state index < -0.39 is 12.1 Å². The summed E-state index contributed by atoms with van der Waals surface area (Å²) in [7, 11) is 0. The van der Waals surface area contributed by atoms with Crippen molar-refractivity contribution < 1.29 is 15.0 Å². The molecule has 1 amide bonds. The average Bonchev–Trinajstić information content (AvgIpc) is 3.29. The fourth-order valence-electron chi connectivity index (χ4n) is 9.54. The molecule has 376 valence electrons. The van der Waals surface area contributed by atoms with E-state index >= 15 is 0 Å². The number of rotatable bonds is 55. The Kier molecular flexibility index (Phi) is 54.7. The molecular formula is C59H117NO3. The van der Waals surface area contributed by atoms with Crippen LogP contribution >= 0.6 is 0 Å². The number of carbonyl (C=O) groups is 1. The number of aliphatic hydroxyl groups excluding tert-OH is 2. The summed E-state index contributed by atoms with van der Waals surface area (Å²) < 4.78 is 0. The SMILES string of the molecule is CCCCCCCCCCCCCCCCC/C=C/[C@@H](O)[C@H](CO)NC(=O)CCCCCCCCCCCCCCCCCCCCCCCCCCCCCCCCCCCC. The first-order valence-electron chi connectivity index (χ1n) is 29.4. The zero-order chi connectivity index (χ0) is 45.6. The normalized spacial score (nSPS) is 12.8. The molecule has 63 heavy (non-hydrogen) atoms. The number of carbonyl (C=O) groups excluding carboxylic acids is 1. The van der Waals surface area contributed by atoms with Crippen LogP contribution in [0.1, 0.15) is 341 Å². The third kappa shape index (κ3) is 52.0. The lowest BCUT2D eigenvalue weighted by Gasteiger charge is -2.20. The lowest BCUT2D eigenvalue weighted by atomic mass is 10.0. The highest BCUT2D eigenvalue weighted by Crippen LogP contribution is 2.18. The molecule has 0 aromatic rings. The summed E-state index contributed by atoms with van der Waals surface area (Å²) in [5.41, 5.74) is 0. The molecular weight excluding hydrogens is 771 g/mol. The number of hydrogen-bond acceptors (Lipinski definition) is 3. The molecule has 3 N–H and O–H groups in total. The summed E-state index contributed by atoms with van der Waals surface area (Å²) in [6.45, 7) is 4.35. The van der Waals surface area contributed by atoms with Gasteiger partial charge in [-0.3, -0.25) is 4.79 Å². The van der Waals surface area contributed by atoms with E-state index in [2.05, 4.69) is 19.2 Å². The molecule has 0 aliphatic rings. The van der Waals surface area contributed by atoms with E-state index in [-0.39, 0.29) is 12.5 Å². The van der Waals surface area contributed by atoms with Gasteiger partial charge in [0.15, 0.2) is 0 Å². The Morgan fingerprint density at radius 3 is 0.825 bits per heavy atom. The van der Waals surface area contributed by atoms with E-state index in [0.717, 1.165) is 25.7 Å². The van der Waals surface area contributed by atoms with Crippen LogP contribution < -0.4 is 5.32 Å².